The van der Waals surface area contributed by atoms with Gasteiger partial charge in [0.15, 0.2) is 0 Å². The van der Waals surface area contributed by atoms with Crippen molar-refractivity contribution in [3.8, 4) is 0 Å². The van der Waals surface area contributed by atoms with Crippen LogP contribution < -0.4 is 16.0 Å². The quantitative estimate of drug-likeness (QED) is 0.621. The fourth-order valence-electron chi connectivity index (χ4n) is 2.25. The summed E-state index contributed by atoms with van der Waals surface area (Å²) in [6.45, 7) is 3.74. The molecule has 1 atom stereocenters. The molecule has 1 aliphatic heterocycles. The predicted octanol–water partition coefficient (Wildman–Crippen LogP) is -0.229. The second-order valence-electron chi connectivity index (χ2n) is 5.09. The Morgan fingerprint density at radius 1 is 1.41 bits per heavy atom. The Balaban J connectivity index is 1.77. The molecular formula is C12H21N3O2. The first-order chi connectivity index (χ1) is 8.16. The van der Waals surface area contributed by atoms with E-state index in [1.807, 2.05) is 6.92 Å². The zero-order valence-electron chi connectivity index (χ0n) is 10.3. The van der Waals surface area contributed by atoms with Crippen LogP contribution in [0, 0.1) is 5.41 Å². The van der Waals surface area contributed by atoms with Gasteiger partial charge in [0.1, 0.15) is 0 Å². The zero-order chi connectivity index (χ0) is 12.3. The van der Waals surface area contributed by atoms with Crippen molar-refractivity contribution < 1.29 is 9.59 Å². The van der Waals surface area contributed by atoms with Gasteiger partial charge in [-0.1, -0.05) is 6.92 Å². The summed E-state index contributed by atoms with van der Waals surface area (Å²) in [6, 6.07) is 0.354. The maximum atomic E-state index is 12.1. The summed E-state index contributed by atoms with van der Waals surface area (Å²) < 4.78 is 0. The summed E-state index contributed by atoms with van der Waals surface area (Å²) in [5.74, 6) is -0.0611. The summed E-state index contributed by atoms with van der Waals surface area (Å²) in [4.78, 5) is 23.5. The second kappa shape index (κ2) is 5.04. The van der Waals surface area contributed by atoms with Gasteiger partial charge in [-0.05, 0) is 32.2 Å². The van der Waals surface area contributed by atoms with E-state index in [4.69, 9.17) is 0 Å². The van der Waals surface area contributed by atoms with Gasteiger partial charge >= 0.3 is 0 Å². The highest BCUT2D eigenvalue weighted by Gasteiger charge is 2.39. The monoisotopic (exact) mass is 239 g/mol. The van der Waals surface area contributed by atoms with Crippen LogP contribution in [0.4, 0.5) is 0 Å². The first kappa shape index (κ1) is 12.4. The number of hydrogen-bond donors (Lipinski definition) is 3. The summed E-state index contributed by atoms with van der Waals surface area (Å²) in [5.41, 5.74) is -0.306. The molecule has 96 valence electrons. The van der Waals surface area contributed by atoms with Crippen molar-refractivity contribution in [1.82, 2.24) is 16.0 Å². The summed E-state index contributed by atoms with van der Waals surface area (Å²) in [7, 11) is 0. The molecule has 0 radical (unpaired) electrons. The molecule has 3 N–H and O–H groups in total. The van der Waals surface area contributed by atoms with Crippen molar-refractivity contribution in [3.63, 3.8) is 0 Å². The molecule has 1 aliphatic carbocycles. The number of nitrogens with one attached hydrogen (secondary N) is 3. The second-order valence-corrected chi connectivity index (χ2v) is 5.09. The van der Waals surface area contributed by atoms with Crippen molar-refractivity contribution in [2.24, 2.45) is 5.41 Å². The Bertz CT molecular complexity index is 307. The highest BCUT2D eigenvalue weighted by Crippen LogP contribution is 2.29. The van der Waals surface area contributed by atoms with Crippen LogP contribution in [0.5, 0.6) is 0 Å². The van der Waals surface area contributed by atoms with E-state index in [0.717, 1.165) is 38.8 Å². The van der Waals surface area contributed by atoms with Gasteiger partial charge in [0.25, 0.3) is 0 Å². The fourth-order valence-corrected chi connectivity index (χ4v) is 2.25. The average Bonchev–Trinajstić information content (AvgIpc) is 2.99. The van der Waals surface area contributed by atoms with E-state index >= 15 is 0 Å². The fraction of sp³-hybridized carbons (Fsp3) is 0.833. The SMILES string of the molecule is CCC1(C(=O)NCC(=O)NC2CC2)CCNC1. The van der Waals surface area contributed by atoms with Gasteiger partial charge in [0.2, 0.25) is 11.8 Å². The molecular weight excluding hydrogens is 218 g/mol. The van der Waals surface area contributed by atoms with Crippen LogP contribution in [0.15, 0.2) is 0 Å². The number of carbonyl (C=O) groups excluding carboxylic acids is 2. The van der Waals surface area contributed by atoms with Gasteiger partial charge < -0.3 is 16.0 Å². The topological polar surface area (TPSA) is 70.2 Å². The molecule has 5 nitrogen and oxygen atoms in total. The Kier molecular flexibility index (Phi) is 3.66. The third kappa shape index (κ3) is 2.97. The van der Waals surface area contributed by atoms with Crippen LogP contribution in [0.3, 0.4) is 0 Å². The summed E-state index contributed by atoms with van der Waals surface area (Å²) in [6.07, 6.45) is 3.82. The molecule has 0 bridgehead atoms. The van der Waals surface area contributed by atoms with E-state index in [1.165, 1.54) is 0 Å². The highest BCUT2D eigenvalue weighted by molar-refractivity contribution is 5.88. The summed E-state index contributed by atoms with van der Waals surface area (Å²) >= 11 is 0. The Hall–Kier alpha value is -1.10. The molecule has 1 heterocycles. The molecule has 1 saturated heterocycles. The molecule has 0 aromatic heterocycles. The van der Waals surface area contributed by atoms with Crippen molar-refractivity contribution in [2.45, 2.75) is 38.6 Å². The number of hydrogen-bond acceptors (Lipinski definition) is 3. The molecule has 0 aromatic carbocycles. The molecule has 17 heavy (non-hydrogen) atoms. The van der Waals surface area contributed by atoms with Crippen LogP contribution in [0.1, 0.15) is 32.6 Å². The van der Waals surface area contributed by atoms with Crippen LogP contribution in [0.25, 0.3) is 0 Å². The average molecular weight is 239 g/mol. The van der Waals surface area contributed by atoms with E-state index in [1.54, 1.807) is 0 Å². The lowest BCUT2D eigenvalue weighted by Crippen LogP contribution is -2.46. The predicted molar refractivity (Wildman–Crippen MR) is 64.4 cm³/mol. The lowest BCUT2D eigenvalue weighted by atomic mass is 9.83. The lowest BCUT2D eigenvalue weighted by Gasteiger charge is -2.24. The first-order valence-electron chi connectivity index (χ1n) is 6.45. The van der Waals surface area contributed by atoms with Gasteiger partial charge in [-0.15, -0.1) is 0 Å². The molecule has 1 unspecified atom stereocenters. The van der Waals surface area contributed by atoms with Crippen molar-refractivity contribution in [2.75, 3.05) is 19.6 Å². The van der Waals surface area contributed by atoms with Crippen LogP contribution in [-0.2, 0) is 9.59 Å². The van der Waals surface area contributed by atoms with Crippen molar-refractivity contribution >= 4 is 11.8 Å². The molecule has 0 spiro atoms. The number of carbonyl (C=O) groups is 2. The maximum Gasteiger partial charge on any atom is 0.239 e. The van der Waals surface area contributed by atoms with Gasteiger partial charge in [0, 0.05) is 12.6 Å². The minimum atomic E-state index is -0.306. The van der Waals surface area contributed by atoms with E-state index in [0.29, 0.717) is 6.04 Å². The van der Waals surface area contributed by atoms with Crippen molar-refractivity contribution in [1.29, 1.82) is 0 Å². The van der Waals surface area contributed by atoms with Gasteiger partial charge in [-0.2, -0.15) is 0 Å². The normalized spacial score (nSPS) is 27.8. The Labute approximate surface area is 102 Å². The van der Waals surface area contributed by atoms with Gasteiger partial charge in [0.05, 0.1) is 12.0 Å². The van der Waals surface area contributed by atoms with E-state index < -0.39 is 0 Å². The first-order valence-corrected chi connectivity index (χ1v) is 6.45. The highest BCUT2D eigenvalue weighted by atomic mass is 16.2. The third-order valence-corrected chi connectivity index (χ3v) is 3.75. The van der Waals surface area contributed by atoms with Crippen molar-refractivity contribution in [3.05, 3.63) is 0 Å². The standard InChI is InChI=1S/C12H21N3O2/c1-2-12(5-6-13-8-12)11(17)14-7-10(16)15-9-3-4-9/h9,13H,2-8H2,1H3,(H,14,17)(H,15,16). The molecule has 2 fully saturated rings. The van der Waals surface area contributed by atoms with Gasteiger partial charge in [-0.3, -0.25) is 9.59 Å². The van der Waals surface area contributed by atoms with Crippen LogP contribution in [0.2, 0.25) is 0 Å². The molecule has 2 amide bonds. The molecule has 0 aromatic rings. The Morgan fingerprint density at radius 2 is 2.18 bits per heavy atom. The third-order valence-electron chi connectivity index (χ3n) is 3.75. The Morgan fingerprint density at radius 3 is 2.71 bits per heavy atom. The number of rotatable bonds is 5. The van der Waals surface area contributed by atoms with E-state index in [9.17, 15) is 9.59 Å². The van der Waals surface area contributed by atoms with E-state index in [2.05, 4.69) is 16.0 Å². The van der Waals surface area contributed by atoms with Crippen LogP contribution in [-0.4, -0.2) is 37.5 Å². The minimum absolute atomic E-state index is 0.0101. The van der Waals surface area contributed by atoms with Crippen LogP contribution >= 0.6 is 0 Å². The minimum Gasteiger partial charge on any atom is -0.352 e. The molecule has 2 rings (SSSR count). The molecule has 5 heteroatoms. The molecule has 1 saturated carbocycles. The lowest BCUT2D eigenvalue weighted by molar-refractivity contribution is -0.132. The largest absolute Gasteiger partial charge is 0.352 e. The summed E-state index contributed by atoms with van der Waals surface area (Å²) in [5, 5.41) is 8.83. The van der Waals surface area contributed by atoms with E-state index in [-0.39, 0.29) is 23.8 Å². The molecule has 2 aliphatic rings. The van der Waals surface area contributed by atoms with Gasteiger partial charge in [-0.25, -0.2) is 0 Å². The smallest absolute Gasteiger partial charge is 0.239 e. The number of amides is 2. The maximum absolute atomic E-state index is 12.1. The zero-order valence-corrected chi connectivity index (χ0v) is 10.3.